The fourth-order valence-corrected chi connectivity index (χ4v) is 1.52. The summed E-state index contributed by atoms with van der Waals surface area (Å²) in [6.45, 7) is 1.54. The summed E-state index contributed by atoms with van der Waals surface area (Å²) in [5.41, 5.74) is 0.294. The van der Waals surface area contributed by atoms with Crippen molar-refractivity contribution in [1.29, 1.82) is 0 Å². The van der Waals surface area contributed by atoms with Gasteiger partial charge < -0.3 is 4.18 Å². The average molecular weight is 231 g/mol. The molecule has 0 aliphatic heterocycles. The molecule has 1 aromatic rings. The monoisotopic (exact) mass is 231 g/mol. The highest BCUT2D eigenvalue weighted by molar-refractivity contribution is 7.86. The zero-order valence-corrected chi connectivity index (χ0v) is 8.95. The Balaban J connectivity index is 3.09. The lowest BCUT2D eigenvalue weighted by atomic mass is 10.2. The SMILES string of the molecule is Cc1cc([N+](=O)[O-])ccc1OS(C)(=O)=O. The molecule has 1 aromatic carbocycles. The second kappa shape index (κ2) is 3.85. The first kappa shape index (κ1) is 11.4. The standard InChI is InChI=1S/C8H9NO5S/c1-6-5-7(9(10)11)3-4-8(6)14-15(2,12)13/h3-5H,1-2H3. The van der Waals surface area contributed by atoms with Gasteiger partial charge in [-0.3, -0.25) is 10.1 Å². The molecule has 6 nitrogen and oxygen atoms in total. The van der Waals surface area contributed by atoms with E-state index in [2.05, 4.69) is 4.18 Å². The highest BCUT2D eigenvalue weighted by Crippen LogP contribution is 2.23. The molecule has 0 atom stereocenters. The number of non-ortho nitro benzene ring substituents is 1. The largest absolute Gasteiger partial charge is 0.382 e. The molecule has 0 amide bonds. The number of benzene rings is 1. The van der Waals surface area contributed by atoms with Gasteiger partial charge in [0.1, 0.15) is 5.75 Å². The van der Waals surface area contributed by atoms with E-state index in [4.69, 9.17) is 0 Å². The van der Waals surface area contributed by atoms with Gasteiger partial charge in [-0.2, -0.15) is 8.42 Å². The summed E-state index contributed by atoms with van der Waals surface area (Å²) in [5.74, 6) is 0.100. The fourth-order valence-electron chi connectivity index (χ4n) is 1.00. The molecule has 7 heteroatoms. The molecule has 1 rings (SSSR count). The van der Waals surface area contributed by atoms with Gasteiger partial charge in [0.05, 0.1) is 11.2 Å². The molecule has 0 unspecified atom stereocenters. The van der Waals surface area contributed by atoms with Crippen molar-refractivity contribution in [1.82, 2.24) is 0 Å². The number of nitro benzene ring substituents is 1. The van der Waals surface area contributed by atoms with Gasteiger partial charge in [0.15, 0.2) is 0 Å². The topological polar surface area (TPSA) is 86.5 Å². The van der Waals surface area contributed by atoms with Gasteiger partial charge in [0.25, 0.3) is 5.69 Å². The molecule has 0 spiro atoms. The molecule has 0 heterocycles. The Morgan fingerprint density at radius 3 is 2.40 bits per heavy atom. The summed E-state index contributed by atoms with van der Waals surface area (Å²) in [5, 5.41) is 10.4. The van der Waals surface area contributed by atoms with Crippen molar-refractivity contribution >= 4 is 15.8 Å². The van der Waals surface area contributed by atoms with Gasteiger partial charge in [-0.05, 0) is 18.6 Å². The molecule has 82 valence electrons. The number of hydrogen-bond acceptors (Lipinski definition) is 5. The summed E-state index contributed by atoms with van der Waals surface area (Å²) in [6.07, 6.45) is 0.911. The minimum atomic E-state index is -3.60. The predicted molar refractivity (Wildman–Crippen MR) is 53.3 cm³/mol. The second-order valence-electron chi connectivity index (χ2n) is 2.99. The van der Waals surface area contributed by atoms with Crippen LogP contribution in [0.3, 0.4) is 0 Å². The lowest BCUT2D eigenvalue weighted by molar-refractivity contribution is -0.384. The van der Waals surface area contributed by atoms with Crippen molar-refractivity contribution in [2.75, 3.05) is 6.26 Å². The Bertz CT molecular complexity index is 494. The molecule has 0 aromatic heterocycles. The van der Waals surface area contributed by atoms with Crippen LogP contribution in [0, 0.1) is 17.0 Å². The first-order valence-electron chi connectivity index (χ1n) is 3.94. The van der Waals surface area contributed by atoms with Gasteiger partial charge in [0, 0.05) is 12.1 Å². The molecule has 0 saturated carbocycles. The van der Waals surface area contributed by atoms with Crippen LogP contribution in [0.25, 0.3) is 0 Å². The molecule has 0 saturated heterocycles. The van der Waals surface area contributed by atoms with Crippen LogP contribution in [0.2, 0.25) is 0 Å². The maximum absolute atomic E-state index is 10.8. The Morgan fingerprint density at radius 1 is 1.40 bits per heavy atom. The highest BCUT2D eigenvalue weighted by atomic mass is 32.2. The van der Waals surface area contributed by atoms with Crippen LogP contribution >= 0.6 is 0 Å². The zero-order chi connectivity index (χ0) is 11.6. The van der Waals surface area contributed by atoms with E-state index in [9.17, 15) is 18.5 Å². The number of hydrogen-bond donors (Lipinski definition) is 0. The number of rotatable bonds is 3. The van der Waals surface area contributed by atoms with Crippen LogP contribution in [-0.4, -0.2) is 19.6 Å². The zero-order valence-electron chi connectivity index (χ0n) is 8.13. The van der Waals surface area contributed by atoms with E-state index in [0.29, 0.717) is 5.56 Å². The fraction of sp³-hybridized carbons (Fsp3) is 0.250. The van der Waals surface area contributed by atoms with Crippen molar-refractivity contribution in [2.24, 2.45) is 0 Å². The maximum atomic E-state index is 10.8. The Labute approximate surface area is 86.8 Å². The minimum absolute atomic E-state index is 0.100. The average Bonchev–Trinajstić information content (AvgIpc) is 2.05. The third-order valence-corrected chi connectivity index (χ3v) is 2.09. The lowest BCUT2D eigenvalue weighted by Gasteiger charge is -2.05. The Hall–Kier alpha value is -1.63. The van der Waals surface area contributed by atoms with Crippen molar-refractivity contribution in [3.8, 4) is 5.75 Å². The van der Waals surface area contributed by atoms with Crippen LogP contribution in [-0.2, 0) is 10.1 Å². The highest BCUT2D eigenvalue weighted by Gasteiger charge is 2.11. The van der Waals surface area contributed by atoms with Crippen LogP contribution in [0.15, 0.2) is 18.2 Å². The van der Waals surface area contributed by atoms with Crippen molar-refractivity contribution in [3.05, 3.63) is 33.9 Å². The van der Waals surface area contributed by atoms with Gasteiger partial charge in [-0.25, -0.2) is 0 Å². The summed E-state index contributed by atoms with van der Waals surface area (Å²) in [7, 11) is -3.60. The van der Waals surface area contributed by atoms with Crippen molar-refractivity contribution in [2.45, 2.75) is 6.92 Å². The van der Waals surface area contributed by atoms with E-state index in [1.54, 1.807) is 0 Å². The van der Waals surface area contributed by atoms with Crippen LogP contribution in [0.4, 0.5) is 5.69 Å². The van der Waals surface area contributed by atoms with Gasteiger partial charge in [-0.1, -0.05) is 0 Å². The van der Waals surface area contributed by atoms with Gasteiger partial charge >= 0.3 is 10.1 Å². The number of nitro groups is 1. The Kier molecular flexibility index (Phi) is 2.94. The molecule has 0 bridgehead atoms. The first-order valence-corrected chi connectivity index (χ1v) is 5.76. The van der Waals surface area contributed by atoms with Crippen LogP contribution in [0.1, 0.15) is 5.56 Å². The molecular formula is C8H9NO5S. The van der Waals surface area contributed by atoms with Crippen LogP contribution < -0.4 is 4.18 Å². The quantitative estimate of drug-likeness (QED) is 0.443. The van der Waals surface area contributed by atoms with E-state index in [1.807, 2.05) is 0 Å². The molecule has 15 heavy (non-hydrogen) atoms. The van der Waals surface area contributed by atoms with Gasteiger partial charge in [-0.15, -0.1) is 0 Å². The number of aryl methyl sites for hydroxylation is 1. The Morgan fingerprint density at radius 2 is 2.00 bits per heavy atom. The van der Waals surface area contributed by atoms with Crippen molar-refractivity contribution < 1.29 is 17.5 Å². The predicted octanol–water partition coefficient (Wildman–Crippen LogP) is 1.24. The summed E-state index contributed by atoms with van der Waals surface area (Å²) in [4.78, 5) is 9.84. The van der Waals surface area contributed by atoms with E-state index in [0.717, 1.165) is 6.26 Å². The number of nitrogens with zero attached hydrogens (tertiary/aromatic N) is 1. The molecule has 0 aliphatic carbocycles. The molecule has 0 fully saturated rings. The molecule has 0 aliphatic rings. The third-order valence-electron chi connectivity index (χ3n) is 1.61. The van der Waals surface area contributed by atoms with Crippen molar-refractivity contribution in [3.63, 3.8) is 0 Å². The minimum Gasteiger partial charge on any atom is -0.382 e. The summed E-state index contributed by atoms with van der Waals surface area (Å²) < 4.78 is 26.2. The third kappa shape index (κ3) is 3.21. The second-order valence-corrected chi connectivity index (χ2v) is 4.57. The molecule has 0 radical (unpaired) electrons. The smallest absolute Gasteiger partial charge is 0.306 e. The van der Waals surface area contributed by atoms with Crippen LogP contribution in [0.5, 0.6) is 5.75 Å². The molecular weight excluding hydrogens is 222 g/mol. The van der Waals surface area contributed by atoms with Gasteiger partial charge in [0.2, 0.25) is 0 Å². The van der Waals surface area contributed by atoms with E-state index in [1.165, 1.54) is 25.1 Å². The van der Waals surface area contributed by atoms with E-state index >= 15 is 0 Å². The van der Waals surface area contributed by atoms with E-state index in [-0.39, 0.29) is 11.4 Å². The first-order chi connectivity index (χ1) is 6.79. The maximum Gasteiger partial charge on any atom is 0.306 e. The molecule has 0 N–H and O–H groups in total. The lowest BCUT2D eigenvalue weighted by Crippen LogP contribution is -2.06. The normalized spacial score (nSPS) is 11.1. The van der Waals surface area contributed by atoms with E-state index < -0.39 is 15.0 Å². The summed E-state index contributed by atoms with van der Waals surface area (Å²) in [6, 6.07) is 3.70. The summed E-state index contributed by atoms with van der Waals surface area (Å²) >= 11 is 0.